The molecule has 25 heavy (non-hydrogen) atoms. The Hall–Kier alpha value is -2.48. The first-order valence-corrected chi connectivity index (χ1v) is 10.5. The standard InChI is InChI=1S/C15H16N4O4S2/c1-24(20,21)13-5-2-6-14(10-13)25(22,23)19-9-8-18-15-12(11-16)4-3-7-17-15/h2-7,10,19H,8-9H2,1H3,(H,17,18). The van der Waals surface area contributed by atoms with Crippen LogP contribution < -0.4 is 10.0 Å². The molecule has 10 heteroatoms. The zero-order chi connectivity index (χ0) is 18.5. The van der Waals surface area contributed by atoms with Crippen molar-refractivity contribution >= 4 is 25.7 Å². The molecule has 0 aliphatic carbocycles. The smallest absolute Gasteiger partial charge is 0.240 e. The first-order chi connectivity index (χ1) is 11.7. The lowest BCUT2D eigenvalue weighted by Gasteiger charge is -2.09. The summed E-state index contributed by atoms with van der Waals surface area (Å²) < 4.78 is 49.9. The molecule has 2 N–H and O–H groups in total. The van der Waals surface area contributed by atoms with Crippen LogP contribution in [0.5, 0.6) is 0 Å². The second-order valence-electron chi connectivity index (χ2n) is 5.08. The molecular weight excluding hydrogens is 364 g/mol. The van der Waals surface area contributed by atoms with Gasteiger partial charge in [0, 0.05) is 25.5 Å². The van der Waals surface area contributed by atoms with Gasteiger partial charge in [0.1, 0.15) is 11.9 Å². The number of sulfone groups is 1. The zero-order valence-corrected chi connectivity index (χ0v) is 14.9. The largest absolute Gasteiger partial charge is 0.368 e. The van der Waals surface area contributed by atoms with Crippen LogP contribution in [0.1, 0.15) is 5.56 Å². The quantitative estimate of drug-likeness (QED) is 0.678. The molecular formula is C15H16N4O4S2. The van der Waals surface area contributed by atoms with Gasteiger partial charge in [0.2, 0.25) is 10.0 Å². The van der Waals surface area contributed by atoms with E-state index in [0.29, 0.717) is 11.4 Å². The Morgan fingerprint density at radius 3 is 2.48 bits per heavy atom. The molecule has 0 amide bonds. The third-order valence-electron chi connectivity index (χ3n) is 3.18. The Kier molecular flexibility index (Phi) is 5.73. The third-order valence-corrected chi connectivity index (χ3v) is 5.75. The van der Waals surface area contributed by atoms with Crippen molar-refractivity contribution < 1.29 is 16.8 Å². The number of aromatic nitrogens is 1. The Morgan fingerprint density at radius 1 is 1.08 bits per heavy atom. The van der Waals surface area contributed by atoms with Crippen molar-refractivity contribution in [3.05, 3.63) is 48.2 Å². The van der Waals surface area contributed by atoms with E-state index in [4.69, 9.17) is 5.26 Å². The van der Waals surface area contributed by atoms with Crippen molar-refractivity contribution in [1.82, 2.24) is 9.71 Å². The minimum atomic E-state index is -3.85. The summed E-state index contributed by atoms with van der Waals surface area (Å²) in [6, 6.07) is 10.3. The predicted octanol–water partition coefficient (Wildman–Crippen LogP) is 0.747. The van der Waals surface area contributed by atoms with E-state index in [1.165, 1.54) is 24.4 Å². The van der Waals surface area contributed by atoms with E-state index < -0.39 is 19.9 Å². The number of sulfonamides is 1. The van der Waals surface area contributed by atoms with Crippen LogP contribution in [-0.2, 0) is 19.9 Å². The second-order valence-corrected chi connectivity index (χ2v) is 8.87. The van der Waals surface area contributed by atoms with E-state index in [2.05, 4.69) is 15.0 Å². The first-order valence-electron chi connectivity index (χ1n) is 7.13. The number of pyridine rings is 1. The maximum Gasteiger partial charge on any atom is 0.240 e. The highest BCUT2D eigenvalue weighted by molar-refractivity contribution is 7.91. The summed E-state index contributed by atoms with van der Waals surface area (Å²) >= 11 is 0. The molecule has 0 unspecified atom stereocenters. The van der Waals surface area contributed by atoms with Crippen molar-refractivity contribution in [2.24, 2.45) is 0 Å². The van der Waals surface area contributed by atoms with Gasteiger partial charge in [-0.1, -0.05) is 6.07 Å². The topological polar surface area (TPSA) is 129 Å². The van der Waals surface area contributed by atoms with Crippen molar-refractivity contribution in [3.63, 3.8) is 0 Å². The average Bonchev–Trinajstić information content (AvgIpc) is 2.58. The molecule has 8 nitrogen and oxygen atoms in total. The highest BCUT2D eigenvalue weighted by Crippen LogP contribution is 2.15. The highest BCUT2D eigenvalue weighted by atomic mass is 32.2. The molecule has 0 aliphatic rings. The lowest BCUT2D eigenvalue weighted by atomic mass is 10.3. The van der Waals surface area contributed by atoms with Crippen molar-refractivity contribution in [2.45, 2.75) is 9.79 Å². The maximum absolute atomic E-state index is 12.2. The molecule has 1 aromatic heterocycles. The van der Waals surface area contributed by atoms with Crippen LogP contribution in [0, 0.1) is 11.3 Å². The molecule has 2 rings (SSSR count). The molecule has 0 bridgehead atoms. The normalized spacial score (nSPS) is 11.7. The molecule has 0 radical (unpaired) electrons. The summed E-state index contributed by atoms with van der Waals surface area (Å²) in [7, 11) is -7.35. The number of nitriles is 1. The Bertz CT molecular complexity index is 1010. The molecule has 0 saturated heterocycles. The maximum atomic E-state index is 12.2. The Balaban J connectivity index is 2.02. The van der Waals surface area contributed by atoms with Crippen LogP contribution in [0.3, 0.4) is 0 Å². The molecule has 132 valence electrons. The van der Waals surface area contributed by atoms with E-state index in [9.17, 15) is 16.8 Å². The van der Waals surface area contributed by atoms with E-state index in [-0.39, 0.29) is 22.9 Å². The summed E-state index contributed by atoms with van der Waals surface area (Å²) in [5.74, 6) is 0.364. The van der Waals surface area contributed by atoms with Crippen LogP contribution in [0.2, 0.25) is 0 Å². The van der Waals surface area contributed by atoms with Gasteiger partial charge in [-0.3, -0.25) is 0 Å². The number of hydrogen-bond donors (Lipinski definition) is 2. The van der Waals surface area contributed by atoms with Gasteiger partial charge in [-0.05, 0) is 30.3 Å². The fourth-order valence-electron chi connectivity index (χ4n) is 1.96. The van der Waals surface area contributed by atoms with Gasteiger partial charge in [0.25, 0.3) is 0 Å². The van der Waals surface area contributed by atoms with Gasteiger partial charge >= 0.3 is 0 Å². The number of rotatable bonds is 7. The zero-order valence-electron chi connectivity index (χ0n) is 13.3. The summed E-state index contributed by atoms with van der Waals surface area (Å²) in [6.45, 7) is 0.240. The SMILES string of the molecule is CS(=O)(=O)c1cccc(S(=O)(=O)NCCNc2ncccc2C#N)c1. The van der Waals surface area contributed by atoms with Crippen molar-refractivity contribution in [2.75, 3.05) is 24.7 Å². The van der Waals surface area contributed by atoms with Crippen LogP contribution >= 0.6 is 0 Å². The molecule has 1 heterocycles. The van der Waals surface area contributed by atoms with E-state index in [1.54, 1.807) is 12.1 Å². The van der Waals surface area contributed by atoms with Gasteiger partial charge in [-0.15, -0.1) is 0 Å². The summed E-state index contributed by atoms with van der Waals surface area (Å²) in [5, 5.41) is 11.8. The first kappa shape index (κ1) is 18.9. The van der Waals surface area contributed by atoms with Gasteiger partial charge in [0.05, 0.1) is 15.4 Å². The van der Waals surface area contributed by atoms with Crippen LogP contribution in [0.15, 0.2) is 52.4 Å². The average molecular weight is 380 g/mol. The summed E-state index contributed by atoms with van der Waals surface area (Å²) in [4.78, 5) is 3.80. The number of benzene rings is 1. The van der Waals surface area contributed by atoms with E-state index in [1.807, 2.05) is 6.07 Å². The van der Waals surface area contributed by atoms with Gasteiger partial charge in [-0.25, -0.2) is 26.5 Å². The molecule has 0 aliphatic heterocycles. The number of anilines is 1. The number of hydrogen-bond acceptors (Lipinski definition) is 7. The van der Waals surface area contributed by atoms with Crippen LogP contribution in [-0.4, -0.2) is 41.2 Å². The lowest BCUT2D eigenvalue weighted by molar-refractivity contribution is 0.582. The molecule has 2 aromatic rings. The predicted molar refractivity (Wildman–Crippen MR) is 92.2 cm³/mol. The minimum absolute atomic E-state index is 0.0346. The number of nitrogens with zero attached hydrogens (tertiary/aromatic N) is 2. The van der Waals surface area contributed by atoms with E-state index >= 15 is 0 Å². The second kappa shape index (κ2) is 7.60. The summed E-state index contributed by atoms with van der Waals surface area (Å²) in [5.41, 5.74) is 0.353. The molecule has 0 spiro atoms. The fraction of sp³-hybridized carbons (Fsp3) is 0.200. The fourth-order valence-corrected chi connectivity index (χ4v) is 3.78. The monoisotopic (exact) mass is 380 g/mol. The summed E-state index contributed by atoms with van der Waals surface area (Å²) in [6.07, 6.45) is 2.53. The Labute approximate surface area is 146 Å². The van der Waals surface area contributed by atoms with Crippen molar-refractivity contribution in [1.29, 1.82) is 5.26 Å². The van der Waals surface area contributed by atoms with Gasteiger partial charge < -0.3 is 5.32 Å². The van der Waals surface area contributed by atoms with Gasteiger partial charge in [-0.2, -0.15) is 5.26 Å². The van der Waals surface area contributed by atoms with Gasteiger partial charge in [0.15, 0.2) is 9.84 Å². The van der Waals surface area contributed by atoms with Crippen LogP contribution in [0.4, 0.5) is 5.82 Å². The minimum Gasteiger partial charge on any atom is -0.368 e. The lowest BCUT2D eigenvalue weighted by Crippen LogP contribution is -2.29. The molecule has 0 fully saturated rings. The number of nitrogens with one attached hydrogen (secondary N) is 2. The Morgan fingerprint density at radius 2 is 1.80 bits per heavy atom. The van der Waals surface area contributed by atoms with E-state index in [0.717, 1.165) is 12.3 Å². The molecule has 0 atom stereocenters. The molecule has 1 aromatic carbocycles. The van der Waals surface area contributed by atoms with Crippen molar-refractivity contribution in [3.8, 4) is 6.07 Å². The molecule has 0 saturated carbocycles. The highest BCUT2D eigenvalue weighted by Gasteiger charge is 2.16. The van der Waals surface area contributed by atoms with Crippen LogP contribution in [0.25, 0.3) is 0 Å². The third kappa shape index (κ3) is 4.99.